The number of carbonyl (C=O) groups excluding carboxylic acids is 1. The van der Waals surface area contributed by atoms with Crippen LogP contribution in [0.2, 0.25) is 0 Å². The molecule has 0 unspecified atom stereocenters. The number of unbranched alkanes of at least 4 members (excludes halogenated alkanes) is 5. The zero-order valence-corrected chi connectivity index (χ0v) is 12.6. The molecule has 0 aliphatic rings. The maximum absolute atomic E-state index is 11.9. The van der Waals surface area contributed by atoms with Crippen LogP contribution >= 0.6 is 15.9 Å². The van der Waals surface area contributed by atoms with E-state index in [9.17, 15) is 4.79 Å². The Balaban J connectivity index is 2.16. The van der Waals surface area contributed by atoms with Gasteiger partial charge in [-0.3, -0.25) is 4.79 Å². The minimum Gasteiger partial charge on any atom is -0.352 e. The fourth-order valence-corrected chi connectivity index (χ4v) is 2.31. The quantitative estimate of drug-likeness (QED) is 0.702. The van der Waals surface area contributed by atoms with Gasteiger partial charge in [-0.25, -0.2) is 0 Å². The number of benzene rings is 1. The van der Waals surface area contributed by atoms with Gasteiger partial charge in [0.15, 0.2) is 0 Å². The Bertz CT molecular complexity index is 365. The first-order valence-electron chi connectivity index (χ1n) is 6.78. The predicted octanol–water partition coefficient (Wildman–Crippen LogP) is 4.54. The number of rotatable bonds is 8. The van der Waals surface area contributed by atoms with Crippen LogP contribution in [-0.2, 0) is 0 Å². The van der Waals surface area contributed by atoms with Gasteiger partial charge in [0.2, 0.25) is 0 Å². The summed E-state index contributed by atoms with van der Waals surface area (Å²) in [4.78, 5) is 11.9. The van der Waals surface area contributed by atoms with Gasteiger partial charge < -0.3 is 5.32 Å². The lowest BCUT2D eigenvalue weighted by atomic mass is 10.1. The summed E-state index contributed by atoms with van der Waals surface area (Å²) in [7, 11) is 0. The van der Waals surface area contributed by atoms with E-state index in [1.165, 1.54) is 32.1 Å². The summed E-state index contributed by atoms with van der Waals surface area (Å²) in [6.45, 7) is 2.99. The third-order valence-electron chi connectivity index (χ3n) is 2.93. The molecule has 1 rings (SSSR count). The van der Waals surface area contributed by atoms with Gasteiger partial charge in [0.25, 0.3) is 5.91 Å². The first kappa shape index (κ1) is 15.2. The molecule has 0 saturated heterocycles. The lowest BCUT2D eigenvalue weighted by Crippen LogP contribution is -2.24. The van der Waals surface area contributed by atoms with Crippen molar-refractivity contribution in [2.75, 3.05) is 6.54 Å². The third kappa shape index (κ3) is 5.67. The molecule has 1 amide bonds. The number of halogens is 1. The predicted molar refractivity (Wildman–Crippen MR) is 79.9 cm³/mol. The SMILES string of the molecule is CCCCCCCCNC(=O)c1ccccc1Br. The maximum Gasteiger partial charge on any atom is 0.252 e. The molecule has 0 aliphatic carbocycles. The summed E-state index contributed by atoms with van der Waals surface area (Å²) in [6, 6.07) is 7.51. The van der Waals surface area contributed by atoms with Crippen molar-refractivity contribution < 1.29 is 4.79 Å². The van der Waals surface area contributed by atoms with Gasteiger partial charge in [-0.15, -0.1) is 0 Å². The van der Waals surface area contributed by atoms with Crippen molar-refractivity contribution in [1.29, 1.82) is 0 Å². The molecule has 100 valence electrons. The van der Waals surface area contributed by atoms with Crippen molar-refractivity contribution in [3.63, 3.8) is 0 Å². The molecular formula is C15H22BrNO. The lowest BCUT2D eigenvalue weighted by molar-refractivity contribution is 0.0952. The second-order valence-electron chi connectivity index (χ2n) is 4.50. The second kappa shape index (κ2) is 9.15. The van der Waals surface area contributed by atoms with Gasteiger partial charge in [-0.2, -0.15) is 0 Å². The summed E-state index contributed by atoms with van der Waals surface area (Å²) >= 11 is 3.39. The van der Waals surface area contributed by atoms with Gasteiger partial charge in [-0.05, 0) is 34.5 Å². The van der Waals surface area contributed by atoms with Crippen molar-refractivity contribution in [1.82, 2.24) is 5.32 Å². The van der Waals surface area contributed by atoms with Crippen LogP contribution in [0.25, 0.3) is 0 Å². The number of hydrogen-bond donors (Lipinski definition) is 1. The molecule has 0 spiro atoms. The van der Waals surface area contributed by atoms with Gasteiger partial charge in [-0.1, -0.05) is 51.2 Å². The molecule has 0 atom stereocenters. The highest BCUT2D eigenvalue weighted by Crippen LogP contribution is 2.15. The van der Waals surface area contributed by atoms with E-state index in [-0.39, 0.29) is 5.91 Å². The largest absolute Gasteiger partial charge is 0.352 e. The molecule has 3 heteroatoms. The van der Waals surface area contributed by atoms with Crippen LogP contribution in [0, 0.1) is 0 Å². The highest BCUT2D eigenvalue weighted by Gasteiger charge is 2.07. The van der Waals surface area contributed by atoms with Crippen molar-refractivity contribution >= 4 is 21.8 Å². The topological polar surface area (TPSA) is 29.1 Å². The van der Waals surface area contributed by atoms with Crippen LogP contribution in [0.4, 0.5) is 0 Å². The normalized spacial score (nSPS) is 10.3. The second-order valence-corrected chi connectivity index (χ2v) is 5.36. The molecule has 0 saturated carbocycles. The van der Waals surface area contributed by atoms with E-state index in [4.69, 9.17) is 0 Å². The lowest BCUT2D eigenvalue weighted by Gasteiger charge is -2.06. The van der Waals surface area contributed by atoms with E-state index in [1.54, 1.807) is 0 Å². The summed E-state index contributed by atoms with van der Waals surface area (Å²) in [5.74, 6) is 0.0102. The summed E-state index contributed by atoms with van der Waals surface area (Å²) in [6.07, 6.45) is 7.46. The molecule has 0 heterocycles. The van der Waals surface area contributed by atoms with Gasteiger partial charge >= 0.3 is 0 Å². The van der Waals surface area contributed by atoms with E-state index in [1.807, 2.05) is 24.3 Å². The molecule has 2 nitrogen and oxygen atoms in total. The van der Waals surface area contributed by atoms with Crippen molar-refractivity contribution in [2.45, 2.75) is 45.4 Å². The summed E-state index contributed by atoms with van der Waals surface area (Å²) in [5, 5.41) is 2.96. The zero-order chi connectivity index (χ0) is 13.2. The molecule has 18 heavy (non-hydrogen) atoms. The Hall–Kier alpha value is -0.830. The fourth-order valence-electron chi connectivity index (χ4n) is 1.85. The third-order valence-corrected chi connectivity index (χ3v) is 3.63. The van der Waals surface area contributed by atoms with Gasteiger partial charge in [0.1, 0.15) is 0 Å². The highest BCUT2D eigenvalue weighted by molar-refractivity contribution is 9.10. The summed E-state index contributed by atoms with van der Waals surface area (Å²) in [5.41, 5.74) is 0.712. The average Bonchev–Trinajstić information content (AvgIpc) is 2.38. The maximum atomic E-state index is 11.9. The number of nitrogens with one attached hydrogen (secondary N) is 1. The van der Waals surface area contributed by atoms with Crippen molar-refractivity contribution in [2.24, 2.45) is 0 Å². The van der Waals surface area contributed by atoms with Crippen molar-refractivity contribution in [3.05, 3.63) is 34.3 Å². The van der Waals surface area contributed by atoms with Gasteiger partial charge in [0, 0.05) is 11.0 Å². The molecular weight excluding hydrogens is 290 g/mol. The van der Waals surface area contributed by atoms with Crippen LogP contribution < -0.4 is 5.32 Å². The first-order chi connectivity index (χ1) is 8.75. The van der Waals surface area contributed by atoms with Crippen LogP contribution in [0.5, 0.6) is 0 Å². The first-order valence-corrected chi connectivity index (χ1v) is 7.57. The molecule has 1 N–H and O–H groups in total. The minimum absolute atomic E-state index is 0.0102. The molecule has 0 radical (unpaired) electrons. The van der Waals surface area contributed by atoms with Crippen LogP contribution in [0.1, 0.15) is 55.8 Å². The fraction of sp³-hybridized carbons (Fsp3) is 0.533. The Morgan fingerprint density at radius 1 is 1.11 bits per heavy atom. The van der Waals surface area contributed by atoms with Crippen LogP contribution in [0.3, 0.4) is 0 Å². The molecule has 0 fully saturated rings. The van der Waals surface area contributed by atoms with E-state index in [2.05, 4.69) is 28.2 Å². The Morgan fingerprint density at radius 2 is 1.78 bits per heavy atom. The van der Waals surface area contributed by atoms with Gasteiger partial charge in [0.05, 0.1) is 5.56 Å². The highest BCUT2D eigenvalue weighted by atomic mass is 79.9. The Labute approximate surface area is 118 Å². The van der Waals surface area contributed by atoms with Crippen LogP contribution in [0.15, 0.2) is 28.7 Å². The number of carbonyl (C=O) groups is 1. The number of hydrogen-bond acceptors (Lipinski definition) is 1. The minimum atomic E-state index is 0.0102. The smallest absolute Gasteiger partial charge is 0.252 e. The average molecular weight is 312 g/mol. The molecule has 1 aromatic rings. The van der Waals surface area contributed by atoms with E-state index in [0.717, 1.165) is 17.4 Å². The van der Waals surface area contributed by atoms with Crippen molar-refractivity contribution in [3.8, 4) is 0 Å². The van der Waals surface area contributed by atoms with E-state index >= 15 is 0 Å². The molecule has 0 aliphatic heterocycles. The molecule has 1 aromatic carbocycles. The Kier molecular flexibility index (Phi) is 7.74. The van der Waals surface area contributed by atoms with Crippen LogP contribution in [-0.4, -0.2) is 12.5 Å². The van der Waals surface area contributed by atoms with E-state index in [0.29, 0.717) is 5.56 Å². The monoisotopic (exact) mass is 311 g/mol. The number of amides is 1. The standard InChI is InChI=1S/C15H22BrNO/c1-2-3-4-5-6-9-12-17-15(18)13-10-7-8-11-14(13)16/h7-8,10-11H,2-6,9,12H2,1H3,(H,17,18). The zero-order valence-electron chi connectivity index (χ0n) is 11.0. The summed E-state index contributed by atoms with van der Waals surface area (Å²) < 4.78 is 0.852. The molecule has 0 aromatic heterocycles. The molecule has 0 bridgehead atoms. The Morgan fingerprint density at radius 3 is 2.50 bits per heavy atom. The van der Waals surface area contributed by atoms with E-state index < -0.39 is 0 Å².